The van der Waals surface area contributed by atoms with Crippen LogP contribution < -0.4 is 0 Å². The van der Waals surface area contributed by atoms with E-state index in [1.807, 2.05) is 13.8 Å². The highest BCUT2D eigenvalue weighted by molar-refractivity contribution is 6.17. The van der Waals surface area contributed by atoms with Gasteiger partial charge in [0.15, 0.2) is 6.07 Å². The Kier molecular flexibility index (Phi) is 4.22. The number of β-amino-alcohol motifs (C(OH)–C–C–N with tert-alkyl or cyclic N) is 1. The van der Waals surface area contributed by atoms with Crippen molar-refractivity contribution in [2.45, 2.75) is 32.3 Å². The van der Waals surface area contributed by atoms with E-state index in [2.05, 4.69) is 0 Å². The van der Waals surface area contributed by atoms with Crippen LogP contribution in [0.15, 0.2) is 0 Å². The van der Waals surface area contributed by atoms with Gasteiger partial charge in [0.05, 0.1) is 12.1 Å². The lowest BCUT2D eigenvalue weighted by atomic mass is 9.83. The van der Waals surface area contributed by atoms with Gasteiger partial charge in [-0.15, -0.1) is 0 Å². The maximum atomic E-state index is 11.4. The average molecular weight is 236 g/mol. The molecule has 1 aliphatic rings. The molecule has 1 unspecified atom stereocenters. The summed E-state index contributed by atoms with van der Waals surface area (Å²) in [6.45, 7) is 4.87. The molecule has 1 atom stereocenters. The van der Waals surface area contributed by atoms with Crippen molar-refractivity contribution in [1.82, 2.24) is 4.90 Å². The number of rotatable bonds is 2. The van der Waals surface area contributed by atoms with Gasteiger partial charge in [0, 0.05) is 6.54 Å². The first-order valence-electron chi connectivity index (χ1n) is 5.19. The molecule has 88 valence electrons. The Bertz CT molecular complexity index is 235. The number of alkyl halides is 1. The summed E-state index contributed by atoms with van der Waals surface area (Å²) in [6, 6.07) is -0.143. The standard InChI is InChI=1S/C10H18ClNO3/c1-8(2)10(14)4-3-5-12(6-10)9(13)15-7-11/h8,14H,3-7H2,1-2H3. The Labute approximate surface area is 95.2 Å². The number of ether oxygens (including phenoxy) is 1. The molecular formula is C10H18ClNO3. The normalized spacial score (nSPS) is 26.9. The van der Waals surface area contributed by atoms with Gasteiger partial charge in [0.1, 0.15) is 0 Å². The van der Waals surface area contributed by atoms with Gasteiger partial charge in [0.25, 0.3) is 0 Å². The minimum atomic E-state index is -0.788. The van der Waals surface area contributed by atoms with Crippen molar-refractivity contribution in [3.63, 3.8) is 0 Å². The molecule has 1 heterocycles. The number of halogens is 1. The van der Waals surface area contributed by atoms with Crippen LogP contribution >= 0.6 is 11.6 Å². The molecule has 0 bridgehead atoms. The second-order valence-corrected chi connectivity index (χ2v) is 4.52. The summed E-state index contributed by atoms with van der Waals surface area (Å²) < 4.78 is 4.70. The van der Waals surface area contributed by atoms with Crippen LogP contribution in [-0.4, -0.2) is 40.9 Å². The number of piperidine rings is 1. The molecule has 1 rings (SSSR count). The van der Waals surface area contributed by atoms with E-state index < -0.39 is 11.7 Å². The zero-order chi connectivity index (χ0) is 11.5. The van der Waals surface area contributed by atoms with E-state index in [9.17, 15) is 9.90 Å². The van der Waals surface area contributed by atoms with Gasteiger partial charge < -0.3 is 14.7 Å². The van der Waals surface area contributed by atoms with Gasteiger partial charge in [-0.05, 0) is 18.8 Å². The van der Waals surface area contributed by atoms with Crippen molar-refractivity contribution in [1.29, 1.82) is 0 Å². The van der Waals surface area contributed by atoms with Crippen molar-refractivity contribution >= 4 is 17.7 Å². The quantitative estimate of drug-likeness (QED) is 0.743. The minimum Gasteiger partial charge on any atom is -0.433 e. The van der Waals surface area contributed by atoms with Crippen LogP contribution in [0.2, 0.25) is 0 Å². The summed E-state index contributed by atoms with van der Waals surface area (Å²) in [6.07, 6.45) is 1.09. The Balaban J connectivity index is 2.59. The SMILES string of the molecule is CC(C)C1(O)CCCN(C(=O)OCCl)C1. The zero-order valence-corrected chi connectivity index (χ0v) is 9.96. The van der Waals surface area contributed by atoms with Crippen LogP contribution in [0.4, 0.5) is 4.79 Å². The third-order valence-electron chi connectivity index (χ3n) is 3.01. The summed E-state index contributed by atoms with van der Waals surface area (Å²) in [5.74, 6) is 0.129. The second kappa shape index (κ2) is 5.03. The number of hydrogen-bond donors (Lipinski definition) is 1. The fourth-order valence-electron chi connectivity index (χ4n) is 1.83. The summed E-state index contributed by atoms with van der Waals surface area (Å²) >= 11 is 5.32. The molecule has 1 saturated heterocycles. The molecule has 1 fully saturated rings. The topological polar surface area (TPSA) is 49.8 Å². The fourth-order valence-corrected chi connectivity index (χ4v) is 1.92. The molecule has 0 radical (unpaired) electrons. The van der Waals surface area contributed by atoms with Crippen LogP contribution in [0.25, 0.3) is 0 Å². The first-order chi connectivity index (χ1) is 6.99. The predicted octanol–water partition coefficient (Wildman–Crippen LogP) is 1.80. The summed E-state index contributed by atoms with van der Waals surface area (Å²) in [5.41, 5.74) is -0.788. The van der Waals surface area contributed by atoms with Gasteiger partial charge in [-0.3, -0.25) is 0 Å². The van der Waals surface area contributed by atoms with Crippen LogP contribution in [0.1, 0.15) is 26.7 Å². The van der Waals surface area contributed by atoms with E-state index in [0.29, 0.717) is 13.1 Å². The molecule has 5 heteroatoms. The minimum absolute atomic E-state index is 0.129. The molecule has 0 aromatic carbocycles. The van der Waals surface area contributed by atoms with Crippen molar-refractivity contribution in [3.05, 3.63) is 0 Å². The average Bonchev–Trinajstić information content (AvgIpc) is 2.18. The molecule has 1 aliphatic heterocycles. The van der Waals surface area contributed by atoms with Gasteiger partial charge in [-0.25, -0.2) is 4.79 Å². The predicted molar refractivity (Wildman–Crippen MR) is 57.8 cm³/mol. The first-order valence-corrected chi connectivity index (χ1v) is 5.73. The van der Waals surface area contributed by atoms with Crippen molar-refractivity contribution < 1.29 is 14.6 Å². The smallest absolute Gasteiger partial charge is 0.411 e. The lowest BCUT2D eigenvalue weighted by molar-refractivity contribution is -0.0603. The lowest BCUT2D eigenvalue weighted by Gasteiger charge is -2.41. The van der Waals surface area contributed by atoms with Crippen molar-refractivity contribution in [3.8, 4) is 0 Å². The highest BCUT2D eigenvalue weighted by Crippen LogP contribution is 2.28. The second-order valence-electron chi connectivity index (χ2n) is 4.30. The van der Waals surface area contributed by atoms with Crippen LogP contribution in [-0.2, 0) is 4.74 Å². The number of carbonyl (C=O) groups is 1. The van der Waals surface area contributed by atoms with Crippen molar-refractivity contribution in [2.75, 3.05) is 19.2 Å². The number of amides is 1. The van der Waals surface area contributed by atoms with E-state index >= 15 is 0 Å². The summed E-state index contributed by atoms with van der Waals surface area (Å²) in [4.78, 5) is 12.9. The van der Waals surface area contributed by atoms with Gasteiger partial charge >= 0.3 is 6.09 Å². The number of carbonyl (C=O) groups excluding carboxylic acids is 1. The monoisotopic (exact) mass is 235 g/mol. The Hall–Kier alpha value is -0.480. The number of hydrogen-bond acceptors (Lipinski definition) is 3. The molecule has 1 N–H and O–H groups in total. The third-order valence-corrected chi connectivity index (χ3v) is 3.12. The highest BCUT2D eigenvalue weighted by Gasteiger charge is 2.38. The highest BCUT2D eigenvalue weighted by atomic mass is 35.5. The van der Waals surface area contributed by atoms with Gasteiger partial charge in [-0.1, -0.05) is 25.4 Å². The van der Waals surface area contributed by atoms with E-state index in [1.54, 1.807) is 0 Å². The maximum Gasteiger partial charge on any atom is 0.411 e. The molecular weight excluding hydrogens is 218 g/mol. The Morgan fingerprint density at radius 2 is 2.33 bits per heavy atom. The number of nitrogens with zero attached hydrogens (tertiary/aromatic N) is 1. The number of likely N-dealkylation sites (tertiary alicyclic amines) is 1. The van der Waals surface area contributed by atoms with Crippen LogP contribution in [0.5, 0.6) is 0 Å². The molecule has 15 heavy (non-hydrogen) atoms. The molecule has 0 aliphatic carbocycles. The first kappa shape index (κ1) is 12.6. The Morgan fingerprint density at radius 3 is 2.87 bits per heavy atom. The Morgan fingerprint density at radius 1 is 1.67 bits per heavy atom. The summed E-state index contributed by atoms with van der Waals surface area (Å²) in [7, 11) is 0. The maximum absolute atomic E-state index is 11.4. The molecule has 0 aromatic rings. The van der Waals surface area contributed by atoms with Gasteiger partial charge in [0.2, 0.25) is 0 Å². The van der Waals surface area contributed by atoms with E-state index in [4.69, 9.17) is 16.3 Å². The zero-order valence-electron chi connectivity index (χ0n) is 9.20. The van der Waals surface area contributed by atoms with Gasteiger partial charge in [-0.2, -0.15) is 0 Å². The summed E-state index contributed by atoms with van der Waals surface area (Å²) in [5, 5.41) is 10.3. The fraction of sp³-hybridized carbons (Fsp3) is 0.900. The van der Waals surface area contributed by atoms with Crippen LogP contribution in [0.3, 0.4) is 0 Å². The van der Waals surface area contributed by atoms with E-state index in [-0.39, 0.29) is 12.0 Å². The largest absolute Gasteiger partial charge is 0.433 e. The molecule has 0 saturated carbocycles. The third kappa shape index (κ3) is 2.98. The lowest BCUT2D eigenvalue weighted by Crippen LogP contribution is -2.53. The molecule has 1 amide bonds. The molecule has 0 spiro atoms. The number of aliphatic hydroxyl groups is 1. The molecule has 4 nitrogen and oxygen atoms in total. The van der Waals surface area contributed by atoms with Crippen LogP contribution in [0, 0.1) is 5.92 Å². The van der Waals surface area contributed by atoms with E-state index in [1.165, 1.54) is 4.90 Å². The van der Waals surface area contributed by atoms with E-state index in [0.717, 1.165) is 12.8 Å². The van der Waals surface area contributed by atoms with Crippen molar-refractivity contribution in [2.24, 2.45) is 5.92 Å². The molecule has 0 aromatic heterocycles.